The van der Waals surface area contributed by atoms with Crippen LogP contribution in [0.5, 0.6) is 0 Å². The molecular weight excluding hydrogens is 386 g/mol. The summed E-state index contributed by atoms with van der Waals surface area (Å²) >= 11 is 1.48. The Morgan fingerprint density at radius 1 is 1.21 bits per heavy atom. The summed E-state index contributed by atoms with van der Waals surface area (Å²) in [4.78, 5) is 28.7. The predicted molar refractivity (Wildman–Crippen MR) is 115 cm³/mol. The summed E-state index contributed by atoms with van der Waals surface area (Å²) in [5, 5.41) is 14.0. The van der Waals surface area contributed by atoms with Crippen molar-refractivity contribution in [1.29, 1.82) is 0 Å². The number of carbonyl (C=O) groups excluding carboxylic acids is 2. The maximum absolute atomic E-state index is 12.4. The zero-order chi connectivity index (χ0) is 20.9. The molecule has 0 atom stereocenters. The number of aromatic nitrogens is 3. The van der Waals surface area contributed by atoms with Gasteiger partial charge >= 0.3 is 0 Å². The zero-order valence-corrected chi connectivity index (χ0v) is 17.6. The van der Waals surface area contributed by atoms with Crippen molar-refractivity contribution in [1.82, 2.24) is 20.1 Å². The van der Waals surface area contributed by atoms with Crippen LogP contribution in [-0.4, -0.2) is 33.1 Å². The second-order valence-electron chi connectivity index (χ2n) is 7.68. The molecule has 0 radical (unpaired) electrons. The van der Waals surface area contributed by atoms with Crippen LogP contribution >= 0.6 is 11.3 Å². The Labute approximate surface area is 174 Å². The van der Waals surface area contributed by atoms with E-state index in [2.05, 4.69) is 41.5 Å². The largest absolute Gasteiger partial charge is 0.352 e. The van der Waals surface area contributed by atoms with E-state index in [1.165, 1.54) is 11.3 Å². The molecular formula is C21H25N5O2S. The Hall–Kier alpha value is -3.00. The lowest BCUT2D eigenvalue weighted by molar-refractivity contribution is -0.116. The SMILES string of the molecule is CC(C)(C)c1cc(NC(=O)CCCNC(=O)c2ccsc2)n(-c2ccccn2)n1. The van der Waals surface area contributed by atoms with Gasteiger partial charge in [-0.1, -0.05) is 26.8 Å². The Balaban J connectivity index is 1.60. The van der Waals surface area contributed by atoms with Gasteiger partial charge in [-0.3, -0.25) is 9.59 Å². The van der Waals surface area contributed by atoms with E-state index in [-0.39, 0.29) is 17.2 Å². The molecule has 29 heavy (non-hydrogen) atoms. The molecule has 0 unspecified atom stereocenters. The molecule has 8 heteroatoms. The van der Waals surface area contributed by atoms with Crippen LogP contribution < -0.4 is 10.6 Å². The van der Waals surface area contributed by atoms with Crippen LogP contribution in [-0.2, 0) is 10.2 Å². The maximum atomic E-state index is 12.4. The first-order valence-electron chi connectivity index (χ1n) is 9.47. The number of carbonyl (C=O) groups is 2. The quantitative estimate of drug-likeness (QED) is 0.579. The van der Waals surface area contributed by atoms with Crippen molar-refractivity contribution in [2.45, 2.75) is 39.0 Å². The summed E-state index contributed by atoms with van der Waals surface area (Å²) in [5.41, 5.74) is 1.35. The van der Waals surface area contributed by atoms with Crippen LogP contribution in [0.2, 0.25) is 0 Å². The van der Waals surface area contributed by atoms with Crippen LogP contribution in [0.4, 0.5) is 5.82 Å². The summed E-state index contributed by atoms with van der Waals surface area (Å²) in [6.07, 6.45) is 2.53. The molecule has 152 valence electrons. The molecule has 0 aliphatic heterocycles. The highest BCUT2D eigenvalue weighted by atomic mass is 32.1. The Morgan fingerprint density at radius 2 is 2.03 bits per heavy atom. The van der Waals surface area contributed by atoms with Crippen molar-refractivity contribution in [3.63, 3.8) is 0 Å². The highest BCUT2D eigenvalue weighted by Gasteiger charge is 2.21. The second kappa shape index (κ2) is 9.00. The van der Waals surface area contributed by atoms with Crippen LogP contribution in [0.25, 0.3) is 5.82 Å². The fraction of sp³-hybridized carbons (Fsp3) is 0.333. The first-order chi connectivity index (χ1) is 13.8. The van der Waals surface area contributed by atoms with E-state index in [0.29, 0.717) is 36.6 Å². The molecule has 3 heterocycles. The number of hydrogen-bond donors (Lipinski definition) is 2. The lowest BCUT2D eigenvalue weighted by Crippen LogP contribution is -2.25. The number of anilines is 1. The van der Waals surface area contributed by atoms with Gasteiger partial charge in [-0.05, 0) is 30.0 Å². The molecule has 0 spiro atoms. The third kappa shape index (κ3) is 5.51. The predicted octanol–water partition coefficient (Wildman–Crippen LogP) is 3.78. The number of nitrogens with one attached hydrogen (secondary N) is 2. The minimum absolute atomic E-state index is 0.116. The van der Waals surface area contributed by atoms with Crippen molar-refractivity contribution in [2.24, 2.45) is 0 Å². The number of rotatable bonds is 7. The highest BCUT2D eigenvalue weighted by molar-refractivity contribution is 7.08. The average molecular weight is 412 g/mol. The number of hydrogen-bond acceptors (Lipinski definition) is 5. The molecule has 0 saturated heterocycles. The van der Waals surface area contributed by atoms with E-state index in [0.717, 1.165) is 5.69 Å². The summed E-state index contributed by atoms with van der Waals surface area (Å²) in [7, 11) is 0. The normalized spacial score (nSPS) is 11.3. The molecule has 3 aromatic rings. The molecule has 7 nitrogen and oxygen atoms in total. The molecule has 0 saturated carbocycles. The molecule has 0 fully saturated rings. The van der Waals surface area contributed by atoms with Crippen molar-refractivity contribution < 1.29 is 9.59 Å². The van der Waals surface area contributed by atoms with Crippen molar-refractivity contribution in [3.8, 4) is 5.82 Å². The maximum Gasteiger partial charge on any atom is 0.252 e. The first-order valence-corrected chi connectivity index (χ1v) is 10.4. The minimum atomic E-state index is -0.161. The Morgan fingerprint density at radius 3 is 2.69 bits per heavy atom. The fourth-order valence-corrected chi connectivity index (χ4v) is 3.28. The monoisotopic (exact) mass is 411 g/mol. The molecule has 2 N–H and O–H groups in total. The van der Waals surface area contributed by atoms with E-state index in [1.807, 2.05) is 29.6 Å². The zero-order valence-electron chi connectivity index (χ0n) is 16.8. The fourth-order valence-electron chi connectivity index (χ4n) is 2.64. The second-order valence-corrected chi connectivity index (χ2v) is 8.46. The van der Waals surface area contributed by atoms with Gasteiger partial charge in [0.15, 0.2) is 5.82 Å². The summed E-state index contributed by atoms with van der Waals surface area (Å²) in [5.74, 6) is 0.976. The third-order valence-corrected chi connectivity index (χ3v) is 4.94. The van der Waals surface area contributed by atoms with Gasteiger partial charge in [-0.2, -0.15) is 21.1 Å². The minimum Gasteiger partial charge on any atom is -0.352 e. The van der Waals surface area contributed by atoms with E-state index in [4.69, 9.17) is 0 Å². The van der Waals surface area contributed by atoms with Gasteiger partial charge < -0.3 is 10.6 Å². The lowest BCUT2D eigenvalue weighted by Gasteiger charge is -2.13. The summed E-state index contributed by atoms with van der Waals surface area (Å²) in [6.45, 7) is 6.65. The van der Waals surface area contributed by atoms with Gasteiger partial charge in [0, 0.05) is 41.6 Å². The van der Waals surface area contributed by atoms with E-state index >= 15 is 0 Å². The van der Waals surface area contributed by atoms with Gasteiger partial charge in [0.05, 0.1) is 5.69 Å². The van der Waals surface area contributed by atoms with Gasteiger partial charge in [0.1, 0.15) is 5.82 Å². The van der Waals surface area contributed by atoms with Crippen molar-refractivity contribution in [3.05, 3.63) is 58.5 Å². The number of pyridine rings is 1. The molecule has 0 aromatic carbocycles. The van der Waals surface area contributed by atoms with Crippen LogP contribution in [0.1, 0.15) is 49.7 Å². The van der Waals surface area contributed by atoms with Crippen molar-refractivity contribution in [2.75, 3.05) is 11.9 Å². The molecule has 3 rings (SSSR count). The van der Waals surface area contributed by atoms with Gasteiger partial charge in [-0.15, -0.1) is 0 Å². The Bertz CT molecular complexity index is 959. The summed E-state index contributed by atoms with van der Waals surface area (Å²) in [6, 6.07) is 9.21. The van der Waals surface area contributed by atoms with E-state index in [9.17, 15) is 9.59 Å². The topological polar surface area (TPSA) is 88.9 Å². The number of thiophene rings is 1. The van der Waals surface area contributed by atoms with Gasteiger partial charge in [0.2, 0.25) is 5.91 Å². The molecule has 0 aliphatic carbocycles. The standard InChI is InChI=1S/C21H25N5O2S/c1-21(2,3)16-13-18(26(25-16)17-7-4-5-10-22-17)24-19(27)8-6-11-23-20(28)15-9-12-29-14-15/h4-5,7,9-10,12-14H,6,8,11H2,1-3H3,(H,23,28)(H,24,27). The lowest BCUT2D eigenvalue weighted by atomic mass is 9.92. The van der Waals surface area contributed by atoms with Gasteiger partial charge in [0.25, 0.3) is 5.91 Å². The van der Waals surface area contributed by atoms with Crippen molar-refractivity contribution >= 4 is 29.0 Å². The molecule has 3 aromatic heterocycles. The van der Waals surface area contributed by atoms with Crippen LogP contribution in [0, 0.1) is 0 Å². The molecule has 0 bridgehead atoms. The average Bonchev–Trinajstić information content (AvgIpc) is 3.35. The van der Waals surface area contributed by atoms with Gasteiger partial charge in [-0.25, -0.2) is 4.98 Å². The van der Waals surface area contributed by atoms with E-state index < -0.39 is 0 Å². The smallest absolute Gasteiger partial charge is 0.252 e. The van der Waals surface area contributed by atoms with E-state index in [1.54, 1.807) is 22.3 Å². The first kappa shape index (κ1) is 20.7. The molecule has 2 amide bonds. The Kier molecular flexibility index (Phi) is 6.43. The molecule has 0 aliphatic rings. The third-order valence-electron chi connectivity index (χ3n) is 4.26. The number of amides is 2. The van der Waals surface area contributed by atoms with Crippen LogP contribution in [0.3, 0.4) is 0 Å². The van der Waals surface area contributed by atoms with Crippen LogP contribution in [0.15, 0.2) is 47.3 Å². The number of nitrogens with zero attached hydrogens (tertiary/aromatic N) is 3. The summed E-state index contributed by atoms with van der Waals surface area (Å²) < 4.78 is 1.65. The highest BCUT2D eigenvalue weighted by Crippen LogP contribution is 2.25.